The molecule has 0 bridgehead atoms. The second-order valence-electron chi connectivity index (χ2n) is 6.01. The lowest BCUT2D eigenvalue weighted by Crippen LogP contribution is -2.40. The van der Waals surface area contributed by atoms with E-state index in [4.69, 9.17) is 12.2 Å². The van der Waals surface area contributed by atoms with Gasteiger partial charge in [-0.1, -0.05) is 55.1 Å². The largest absolute Gasteiger partial charge is 0.331 e. The lowest BCUT2D eigenvalue weighted by atomic mass is 10.1. The first kappa shape index (κ1) is 21.7. The summed E-state index contributed by atoms with van der Waals surface area (Å²) in [7, 11) is 2.97. The van der Waals surface area contributed by atoms with Crippen molar-refractivity contribution in [1.29, 1.82) is 0 Å². The minimum absolute atomic E-state index is 0.294. The van der Waals surface area contributed by atoms with Crippen molar-refractivity contribution in [2.45, 2.75) is 20.8 Å². The van der Waals surface area contributed by atoms with E-state index in [1.807, 2.05) is 20.8 Å². The summed E-state index contributed by atoms with van der Waals surface area (Å²) in [5.41, 5.74) is 2.62. The van der Waals surface area contributed by atoms with Gasteiger partial charge in [0.05, 0.1) is 5.49 Å². The van der Waals surface area contributed by atoms with Crippen LogP contribution in [0.3, 0.4) is 0 Å². The average Bonchev–Trinajstić information content (AvgIpc) is 2.58. The Morgan fingerprint density at radius 3 is 2.32 bits per heavy atom. The highest BCUT2D eigenvalue weighted by Crippen LogP contribution is 2.62. The molecule has 1 atom stereocenters. The van der Waals surface area contributed by atoms with Crippen molar-refractivity contribution >= 4 is 47.7 Å². The van der Waals surface area contributed by atoms with Gasteiger partial charge in [0.2, 0.25) is 0 Å². The third-order valence-corrected chi connectivity index (χ3v) is 9.78. The van der Waals surface area contributed by atoms with Crippen LogP contribution in [-0.2, 0) is 4.57 Å². The SMILES string of the molecule is Cc1ccc(C(=O)NC(=O)N(C)P(=O)(SCC(C)C)N(C)C=S)cc1. The highest BCUT2D eigenvalue weighted by molar-refractivity contribution is 8.56. The maximum Gasteiger partial charge on any atom is 0.331 e. The molecule has 3 amide bonds. The van der Waals surface area contributed by atoms with Crippen LogP contribution >= 0.6 is 30.2 Å². The van der Waals surface area contributed by atoms with E-state index < -0.39 is 18.6 Å². The molecule has 0 saturated carbocycles. The van der Waals surface area contributed by atoms with Crippen LogP contribution in [0.4, 0.5) is 4.79 Å². The molecule has 0 aliphatic carbocycles. The zero-order valence-electron chi connectivity index (χ0n) is 15.1. The molecule has 1 N–H and O–H groups in total. The molecule has 0 aliphatic heterocycles. The monoisotopic (exact) mass is 401 g/mol. The molecule has 25 heavy (non-hydrogen) atoms. The highest BCUT2D eigenvalue weighted by atomic mass is 32.7. The number of nitrogens with one attached hydrogen (secondary N) is 1. The van der Waals surface area contributed by atoms with Gasteiger partial charge in [-0.15, -0.1) is 0 Å². The highest BCUT2D eigenvalue weighted by Gasteiger charge is 2.36. The molecule has 0 aromatic heterocycles. The van der Waals surface area contributed by atoms with Gasteiger partial charge in [-0.3, -0.25) is 24.0 Å². The number of nitrogens with zero attached hydrogens (tertiary/aromatic N) is 2. The Bertz CT molecular complexity index is 680. The number of carbonyl (C=O) groups excluding carboxylic acids is 2. The Balaban J connectivity index is 2.92. The van der Waals surface area contributed by atoms with Gasteiger partial charge in [-0.2, -0.15) is 0 Å². The molecular formula is C16H24N3O3PS2. The molecule has 0 radical (unpaired) electrons. The summed E-state index contributed by atoms with van der Waals surface area (Å²) < 4.78 is 15.7. The molecule has 1 unspecified atom stereocenters. The van der Waals surface area contributed by atoms with E-state index in [0.717, 1.165) is 21.6 Å². The maximum absolute atomic E-state index is 13.3. The fourth-order valence-corrected chi connectivity index (χ4v) is 6.90. The number of amides is 3. The normalized spacial score (nSPS) is 13.0. The third-order valence-electron chi connectivity index (χ3n) is 3.33. The summed E-state index contributed by atoms with van der Waals surface area (Å²) in [6.45, 7) is 2.59. The Morgan fingerprint density at radius 2 is 1.84 bits per heavy atom. The fourth-order valence-electron chi connectivity index (χ4n) is 1.76. The molecule has 138 valence electrons. The van der Waals surface area contributed by atoms with E-state index in [1.54, 1.807) is 31.3 Å². The van der Waals surface area contributed by atoms with E-state index in [-0.39, 0.29) is 0 Å². The quantitative estimate of drug-likeness (QED) is 0.546. The first-order valence-electron chi connectivity index (χ1n) is 7.71. The molecule has 0 fully saturated rings. The lowest BCUT2D eigenvalue weighted by molar-refractivity contribution is 0.0960. The number of carbonyl (C=O) groups is 2. The Morgan fingerprint density at radius 1 is 1.28 bits per heavy atom. The molecular weight excluding hydrogens is 377 g/mol. The number of imide groups is 1. The van der Waals surface area contributed by atoms with Crippen LogP contribution in [0.1, 0.15) is 29.8 Å². The molecule has 0 spiro atoms. The van der Waals surface area contributed by atoms with Gasteiger partial charge in [0.25, 0.3) is 5.91 Å². The summed E-state index contributed by atoms with van der Waals surface area (Å²) in [4.78, 5) is 24.6. The van der Waals surface area contributed by atoms with Gasteiger partial charge in [-0.05, 0) is 25.0 Å². The molecule has 9 heteroatoms. The first-order chi connectivity index (χ1) is 11.6. The van der Waals surface area contributed by atoms with Gasteiger partial charge in [0, 0.05) is 25.4 Å². The van der Waals surface area contributed by atoms with Crippen molar-refractivity contribution in [2.75, 3.05) is 19.8 Å². The number of benzene rings is 1. The van der Waals surface area contributed by atoms with E-state index in [1.165, 1.54) is 17.2 Å². The molecule has 0 aliphatic rings. The van der Waals surface area contributed by atoms with Crippen LogP contribution in [0.25, 0.3) is 0 Å². The number of urea groups is 1. The zero-order valence-corrected chi connectivity index (χ0v) is 17.6. The lowest BCUT2D eigenvalue weighted by Gasteiger charge is -2.33. The number of thiocarbonyl (C=S) groups is 1. The van der Waals surface area contributed by atoms with E-state index in [9.17, 15) is 14.2 Å². The summed E-state index contributed by atoms with van der Waals surface area (Å²) >= 11 is 6.04. The third kappa shape index (κ3) is 5.83. The number of aryl methyl sites for hydroxylation is 1. The number of rotatable bonds is 7. The standard InChI is InChI=1S/C16H24N3O3PS2/c1-12(2)10-25-23(22,18(4)11-24)19(5)16(21)17-15(20)14-8-6-13(3)7-9-14/h6-9,11-12H,10H2,1-5H3,(H,17,20,21). The van der Waals surface area contributed by atoms with Gasteiger partial charge >= 0.3 is 12.7 Å². The number of hydrogen-bond acceptors (Lipinski definition) is 5. The Kier molecular flexibility index (Phi) is 8.12. The van der Waals surface area contributed by atoms with Crippen LogP contribution in [0.5, 0.6) is 0 Å². The molecule has 1 aromatic carbocycles. The van der Waals surface area contributed by atoms with Gasteiger partial charge < -0.3 is 0 Å². The Hall–Kier alpha value is -1.37. The summed E-state index contributed by atoms with van der Waals surface area (Å²) in [6, 6.07) is 6.11. The van der Waals surface area contributed by atoms with Crippen molar-refractivity contribution in [3.8, 4) is 0 Å². The summed E-state index contributed by atoms with van der Waals surface area (Å²) in [5.74, 6) is 0.346. The van der Waals surface area contributed by atoms with Crippen molar-refractivity contribution in [1.82, 2.24) is 14.7 Å². The first-order valence-corrected chi connectivity index (χ1v) is 11.4. The predicted molar refractivity (Wildman–Crippen MR) is 108 cm³/mol. The molecule has 6 nitrogen and oxygen atoms in total. The van der Waals surface area contributed by atoms with Gasteiger partial charge in [0.15, 0.2) is 0 Å². The minimum Gasteiger partial charge on any atom is -0.298 e. The van der Waals surface area contributed by atoms with E-state index >= 15 is 0 Å². The molecule has 1 rings (SSSR count). The van der Waals surface area contributed by atoms with Crippen LogP contribution in [0.2, 0.25) is 0 Å². The smallest absolute Gasteiger partial charge is 0.298 e. The molecule has 0 saturated heterocycles. The van der Waals surface area contributed by atoms with Gasteiger partial charge in [-0.25, -0.2) is 4.79 Å². The summed E-state index contributed by atoms with van der Waals surface area (Å²) in [5, 5.41) is 2.28. The minimum atomic E-state index is -3.31. The topological polar surface area (TPSA) is 69.7 Å². The maximum atomic E-state index is 13.3. The molecule has 0 heterocycles. The Labute approximate surface area is 158 Å². The van der Waals surface area contributed by atoms with Gasteiger partial charge in [0.1, 0.15) is 0 Å². The van der Waals surface area contributed by atoms with Crippen LogP contribution in [0, 0.1) is 12.8 Å². The molecule has 1 aromatic rings. The van der Waals surface area contributed by atoms with Crippen LogP contribution in [-0.4, -0.2) is 46.6 Å². The van der Waals surface area contributed by atoms with Crippen molar-refractivity contribution in [3.63, 3.8) is 0 Å². The fraction of sp³-hybridized carbons (Fsp3) is 0.438. The zero-order chi connectivity index (χ0) is 19.2. The number of hydrogen-bond donors (Lipinski definition) is 1. The second kappa shape index (κ2) is 9.36. The predicted octanol–water partition coefficient (Wildman–Crippen LogP) is 4.16. The average molecular weight is 401 g/mol. The van der Waals surface area contributed by atoms with Crippen molar-refractivity contribution < 1.29 is 14.2 Å². The van der Waals surface area contributed by atoms with Crippen LogP contribution in [0.15, 0.2) is 24.3 Å². The van der Waals surface area contributed by atoms with Crippen molar-refractivity contribution in [2.24, 2.45) is 5.92 Å². The van der Waals surface area contributed by atoms with Crippen LogP contribution < -0.4 is 5.32 Å². The van der Waals surface area contributed by atoms with E-state index in [0.29, 0.717) is 17.2 Å². The second-order valence-corrected chi connectivity index (χ2v) is 11.2. The summed E-state index contributed by atoms with van der Waals surface area (Å²) in [6.07, 6.45) is 0. The van der Waals surface area contributed by atoms with Crippen molar-refractivity contribution in [3.05, 3.63) is 35.4 Å². The van der Waals surface area contributed by atoms with E-state index in [2.05, 4.69) is 5.32 Å².